The molecule has 0 amide bonds. The molecular formula is C22H20BrN7. The van der Waals surface area contributed by atoms with Gasteiger partial charge in [-0.3, -0.25) is 4.98 Å². The van der Waals surface area contributed by atoms with Crippen LogP contribution in [0.5, 0.6) is 0 Å². The van der Waals surface area contributed by atoms with Crippen molar-refractivity contribution >= 4 is 44.1 Å². The van der Waals surface area contributed by atoms with Crippen molar-refractivity contribution in [3.63, 3.8) is 0 Å². The van der Waals surface area contributed by atoms with Crippen LogP contribution in [0.25, 0.3) is 27.7 Å². The van der Waals surface area contributed by atoms with Crippen molar-refractivity contribution in [1.82, 2.24) is 19.6 Å². The monoisotopic (exact) mass is 461 g/mol. The third-order valence-corrected chi connectivity index (χ3v) is 6.56. The van der Waals surface area contributed by atoms with Crippen LogP contribution in [-0.2, 0) is 0 Å². The maximum Gasteiger partial charge on any atom is 0.167 e. The second-order valence-electron chi connectivity index (χ2n) is 7.64. The highest BCUT2D eigenvalue weighted by molar-refractivity contribution is 9.10. The topological polar surface area (TPSA) is 96.1 Å². The molecule has 0 unspecified atom stereocenters. The highest BCUT2D eigenvalue weighted by Gasteiger charge is 2.24. The Morgan fingerprint density at radius 3 is 2.80 bits per heavy atom. The predicted molar refractivity (Wildman–Crippen MR) is 121 cm³/mol. The number of anilines is 2. The molecule has 0 atom stereocenters. The molecule has 150 valence electrons. The van der Waals surface area contributed by atoms with E-state index in [1.165, 1.54) is 0 Å². The molecule has 4 heterocycles. The second kappa shape index (κ2) is 7.58. The molecule has 1 aromatic carbocycles. The molecule has 0 bridgehead atoms. The minimum absolute atomic E-state index is 0.459. The standard InChI is InChI=1S/C22H20BrN7/c23-19-20(25)30-21(28-22(19)29-9-6-14(5-8-24)7-10-29)17(13-27-30)16-11-15-3-1-2-4-18(15)26-12-16/h1-4,11-14H,5-7,9-10,25H2. The number of fused-ring (bicyclic) bond motifs is 2. The summed E-state index contributed by atoms with van der Waals surface area (Å²) in [6, 6.07) is 12.4. The van der Waals surface area contributed by atoms with E-state index < -0.39 is 0 Å². The molecule has 0 radical (unpaired) electrons. The molecule has 30 heavy (non-hydrogen) atoms. The van der Waals surface area contributed by atoms with Gasteiger partial charge in [0.15, 0.2) is 5.65 Å². The minimum Gasteiger partial charge on any atom is -0.383 e. The molecule has 8 heteroatoms. The van der Waals surface area contributed by atoms with Gasteiger partial charge in [0.1, 0.15) is 16.1 Å². The summed E-state index contributed by atoms with van der Waals surface area (Å²) in [5, 5.41) is 14.5. The lowest BCUT2D eigenvalue weighted by atomic mass is 9.94. The fourth-order valence-electron chi connectivity index (χ4n) is 4.09. The summed E-state index contributed by atoms with van der Waals surface area (Å²) in [7, 11) is 0. The highest BCUT2D eigenvalue weighted by Crippen LogP contribution is 2.36. The minimum atomic E-state index is 0.459. The number of para-hydroxylation sites is 1. The van der Waals surface area contributed by atoms with Crippen molar-refractivity contribution in [2.75, 3.05) is 23.7 Å². The Labute approximate surface area is 182 Å². The fourth-order valence-corrected chi connectivity index (χ4v) is 4.60. The highest BCUT2D eigenvalue weighted by atomic mass is 79.9. The van der Waals surface area contributed by atoms with Gasteiger partial charge in [0.05, 0.1) is 17.8 Å². The van der Waals surface area contributed by atoms with Gasteiger partial charge in [0.25, 0.3) is 0 Å². The Kier molecular flexibility index (Phi) is 4.75. The summed E-state index contributed by atoms with van der Waals surface area (Å²) >= 11 is 3.63. The van der Waals surface area contributed by atoms with Crippen molar-refractivity contribution in [2.24, 2.45) is 5.92 Å². The number of nitrogens with two attached hydrogens (primary N) is 1. The second-order valence-corrected chi connectivity index (χ2v) is 8.43. The molecule has 5 rings (SSSR count). The summed E-state index contributed by atoms with van der Waals surface area (Å²) in [4.78, 5) is 11.8. The van der Waals surface area contributed by atoms with Gasteiger partial charge in [0.2, 0.25) is 0 Å². The van der Waals surface area contributed by atoms with Gasteiger partial charge in [-0.1, -0.05) is 18.2 Å². The number of halogens is 1. The van der Waals surface area contributed by atoms with Gasteiger partial charge in [-0.2, -0.15) is 14.9 Å². The number of rotatable bonds is 3. The van der Waals surface area contributed by atoms with E-state index in [4.69, 9.17) is 16.0 Å². The number of nitrogens with zero attached hydrogens (tertiary/aromatic N) is 6. The smallest absolute Gasteiger partial charge is 0.167 e. The van der Waals surface area contributed by atoms with Crippen molar-refractivity contribution in [3.05, 3.63) is 47.2 Å². The first kappa shape index (κ1) is 18.8. The Morgan fingerprint density at radius 2 is 2.00 bits per heavy atom. The van der Waals surface area contributed by atoms with Gasteiger partial charge >= 0.3 is 0 Å². The fraction of sp³-hybridized carbons (Fsp3) is 0.273. The maximum atomic E-state index is 8.97. The number of pyridine rings is 1. The van der Waals surface area contributed by atoms with E-state index in [9.17, 15) is 0 Å². The lowest BCUT2D eigenvalue weighted by molar-refractivity contribution is 0.411. The normalized spacial score (nSPS) is 15.0. The largest absolute Gasteiger partial charge is 0.383 e. The zero-order chi connectivity index (χ0) is 20.7. The van der Waals surface area contributed by atoms with E-state index in [1.54, 1.807) is 10.7 Å². The Hall–Kier alpha value is -3.18. The lowest BCUT2D eigenvalue weighted by Crippen LogP contribution is -2.34. The molecule has 2 N–H and O–H groups in total. The molecular weight excluding hydrogens is 442 g/mol. The number of piperidine rings is 1. The third kappa shape index (κ3) is 3.15. The number of hydrogen-bond donors (Lipinski definition) is 1. The first-order valence-electron chi connectivity index (χ1n) is 9.95. The van der Waals surface area contributed by atoms with Gasteiger partial charge in [0, 0.05) is 42.2 Å². The predicted octanol–water partition coefficient (Wildman–Crippen LogP) is 4.42. The van der Waals surface area contributed by atoms with Crippen LogP contribution in [0.2, 0.25) is 0 Å². The number of benzene rings is 1. The van der Waals surface area contributed by atoms with E-state index in [1.807, 2.05) is 30.5 Å². The van der Waals surface area contributed by atoms with Crippen molar-refractivity contribution in [2.45, 2.75) is 19.3 Å². The third-order valence-electron chi connectivity index (χ3n) is 5.80. The van der Waals surface area contributed by atoms with E-state index >= 15 is 0 Å². The van der Waals surface area contributed by atoms with E-state index in [0.717, 1.165) is 58.3 Å². The van der Waals surface area contributed by atoms with Gasteiger partial charge in [-0.05, 0) is 46.8 Å². The molecule has 3 aromatic heterocycles. The number of nitrogen functional groups attached to an aromatic ring is 1. The summed E-state index contributed by atoms with van der Waals surface area (Å²) in [6.07, 6.45) is 6.22. The van der Waals surface area contributed by atoms with Crippen LogP contribution in [0.4, 0.5) is 11.6 Å². The Balaban J connectivity index is 1.57. The molecule has 1 aliphatic rings. The van der Waals surface area contributed by atoms with Crippen molar-refractivity contribution in [3.8, 4) is 17.2 Å². The molecule has 1 fully saturated rings. The van der Waals surface area contributed by atoms with Gasteiger partial charge in [-0.25, -0.2) is 4.98 Å². The van der Waals surface area contributed by atoms with Crippen LogP contribution >= 0.6 is 15.9 Å². The van der Waals surface area contributed by atoms with Crippen LogP contribution in [-0.4, -0.2) is 32.7 Å². The molecule has 0 saturated carbocycles. The first-order chi connectivity index (χ1) is 14.7. The van der Waals surface area contributed by atoms with E-state index in [-0.39, 0.29) is 0 Å². The molecule has 7 nitrogen and oxygen atoms in total. The van der Waals surface area contributed by atoms with E-state index in [2.05, 4.69) is 43.0 Å². The summed E-state index contributed by atoms with van der Waals surface area (Å²) < 4.78 is 2.42. The number of aromatic nitrogens is 4. The van der Waals surface area contributed by atoms with Crippen LogP contribution < -0.4 is 10.6 Å². The van der Waals surface area contributed by atoms with Gasteiger partial charge in [-0.15, -0.1) is 0 Å². The Morgan fingerprint density at radius 1 is 1.20 bits per heavy atom. The molecule has 4 aromatic rings. The van der Waals surface area contributed by atoms with Crippen LogP contribution in [0.3, 0.4) is 0 Å². The number of nitriles is 1. The average Bonchev–Trinajstić information content (AvgIpc) is 3.21. The first-order valence-corrected chi connectivity index (χ1v) is 10.7. The number of hydrogen-bond acceptors (Lipinski definition) is 6. The average molecular weight is 462 g/mol. The van der Waals surface area contributed by atoms with Crippen LogP contribution in [0.1, 0.15) is 19.3 Å². The molecule has 1 aliphatic heterocycles. The Bertz CT molecular complexity index is 1280. The van der Waals surface area contributed by atoms with Crippen molar-refractivity contribution < 1.29 is 0 Å². The van der Waals surface area contributed by atoms with Gasteiger partial charge < -0.3 is 10.6 Å². The summed E-state index contributed by atoms with van der Waals surface area (Å²) in [6.45, 7) is 1.71. The maximum absolute atomic E-state index is 8.97. The van der Waals surface area contributed by atoms with Crippen LogP contribution in [0.15, 0.2) is 47.2 Å². The summed E-state index contributed by atoms with van der Waals surface area (Å²) in [5.41, 5.74) is 9.93. The molecule has 0 spiro atoms. The quantitative estimate of drug-likeness (QED) is 0.484. The molecule has 1 saturated heterocycles. The SMILES string of the molecule is N#CCC1CCN(c2nc3c(-c4cnc5ccccc5c4)cnn3c(N)c2Br)CC1. The molecule has 0 aliphatic carbocycles. The van der Waals surface area contributed by atoms with Crippen molar-refractivity contribution in [1.29, 1.82) is 5.26 Å². The zero-order valence-corrected chi connectivity index (χ0v) is 17.9. The lowest BCUT2D eigenvalue weighted by Gasteiger charge is -2.32. The zero-order valence-electron chi connectivity index (χ0n) is 16.3. The van der Waals surface area contributed by atoms with Crippen LogP contribution in [0, 0.1) is 17.2 Å². The summed E-state index contributed by atoms with van der Waals surface area (Å²) in [5.74, 6) is 1.81. The van der Waals surface area contributed by atoms with E-state index in [0.29, 0.717) is 23.8 Å².